The first-order chi connectivity index (χ1) is 37.8. The van der Waals surface area contributed by atoms with Gasteiger partial charge in [0.05, 0.1) is 20.6 Å². The molecule has 2 aromatic heterocycles. The molecule has 0 spiro atoms. The molecule has 4 nitrogen and oxygen atoms in total. The van der Waals surface area contributed by atoms with Crippen LogP contribution in [-0.4, -0.2) is 9.55 Å². The van der Waals surface area contributed by atoms with Gasteiger partial charge in [-0.25, -0.2) is 4.98 Å². The molecule has 0 amide bonds. The molecule has 5 heteroatoms. The Labute approximate surface area is 424 Å². The first-order valence-corrected chi connectivity index (χ1v) is 21.2. The van der Waals surface area contributed by atoms with Gasteiger partial charge in [0.25, 0.3) is 0 Å². The van der Waals surface area contributed by atoms with Crippen molar-refractivity contribution in [3.8, 4) is 39.2 Å². The van der Waals surface area contributed by atoms with Crippen LogP contribution in [-0.2, 0) is 31.9 Å². The number of anilines is 4. The first-order valence-electron chi connectivity index (χ1n) is 28.7. The van der Waals surface area contributed by atoms with Gasteiger partial charge in [-0.05, 0) is 86.5 Å². The molecule has 1 aliphatic rings. The smallest absolute Gasteiger partial charge is 0.135 e. The van der Waals surface area contributed by atoms with Gasteiger partial charge in [0.1, 0.15) is 5.82 Å². The second-order valence-corrected chi connectivity index (χ2v) is 17.5. The van der Waals surface area contributed by atoms with Crippen LogP contribution in [0.3, 0.4) is 0 Å². The Morgan fingerprint density at radius 3 is 1.79 bits per heavy atom. The Morgan fingerprint density at radius 2 is 1.14 bits per heavy atom. The summed E-state index contributed by atoms with van der Waals surface area (Å²) in [6, 6.07) is 29.6. The van der Waals surface area contributed by atoms with Gasteiger partial charge in [-0.1, -0.05) is 161 Å². The molecule has 0 unspecified atom stereocenters. The molecule has 0 saturated heterocycles. The van der Waals surface area contributed by atoms with Gasteiger partial charge in [-0.15, -0.1) is 17.7 Å². The summed E-state index contributed by atoms with van der Waals surface area (Å²) >= 11 is 0. The van der Waals surface area contributed by atoms with Crippen molar-refractivity contribution in [2.45, 2.75) is 45.4 Å². The number of pyridine rings is 1. The molecule has 0 atom stereocenters. The molecule has 66 heavy (non-hydrogen) atoms. The second-order valence-electron chi connectivity index (χ2n) is 17.5. The topological polar surface area (TPSA) is 24.3 Å². The van der Waals surface area contributed by atoms with E-state index >= 15 is 0 Å². The molecule has 0 aliphatic carbocycles. The average Bonchev–Trinajstić information content (AvgIpc) is 4.22. The molecular weight excluding hydrogens is 984 g/mol. The maximum atomic E-state index is 9.34. The van der Waals surface area contributed by atoms with Crippen LogP contribution in [0.1, 0.15) is 71.9 Å². The maximum Gasteiger partial charge on any atom is 0.135 e. The van der Waals surface area contributed by atoms with Crippen molar-refractivity contribution in [1.29, 1.82) is 0 Å². The molecular formula is C61H49N4Pt-3. The van der Waals surface area contributed by atoms with E-state index in [1.165, 1.54) is 12.1 Å². The number of hydrogen-bond acceptors (Lipinski definition) is 3. The van der Waals surface area contributed by atoms with Crippen LogP contribution in [0.2, 0.25) is 0 Å². The van der Waals surface area contributed by atoms with E-state index in [-0.39, 0.29) is 65.5 Å². The zero-order chi connectivity index (χ0) is 57.3. The summed E-state index contributed by atoms with van der Waals surface area (Å²) in [4.78, 5) is 8.35. The van der Waals surface area contributed by atoms with Crippen molar-refractivity contribution in [2.24, 2.45) is 0 Å². The largest absolute Gasteiger partial charge is 0.493 e. The van der Waals surface area contributed by atoms with Crippen LogP contribution in [0.15, 0.2) is 200 Å². The standard InChI is InChI=1S/C61H49N4.Pt/c1-60(2,3)46-34-35-62-58(40-46)65-54-29-16-15-28-50(54)51-33-32-48(39-57(51)65)61(4,5)47-26-19-27-49(38-47)63-41-64(56-31-18-17-30-55(56)63)59-52(43-22-11-7-12-23-43)36-45(42-20-9-6-10-21-42)37-53(59)44-24-13-8-14-25-44;/h6-37,40-41H,1-5H3;/q-3;/i6D,7D,8D,9D,10D,11D,12D,13D,14D,20D,21D,22D,23D,24D,25D;. The monoisotopic (exact) mass is 1050 g/mol. The van der Waals surface area contributed by atoms with E-state index in [1.807, 2.05) is 59.6 Å². The van der Waals surface area contributed by atoms with Crippen molar-refractivity contribution >= 4 is 44.6 Å². The van der Waals surface area contributed by atoms with Crippen molar-refractivity contribution in [1.82, 2.24) is 9.55 Å². The summed E-state index contributed by atoms with van der Waals surface area (Å²) in [6.07, 6.45) is 1.84. The average molecular weight is 1050 g/mol. The van der Waals surface area contributed by atoms with Gasteiger partial charge in [0.2, 0.25) is 0 Å². The van der Waals surface area contributed by atoms with Crippen LogP contribution >= 0.6 is 0 Å². The normalized spacial score (nSPS) is 15.9. The molecule has 326 valence electrons. The third-order valence-corrected chi connectivity index (χ3v) is 12.1. The molecule has 0 radical (unpaired) electrons. The van der Waals surface area contributed by atoms with Crippen LogP contribution in [0.5, 0.6) is 0 Å². The van der Waals surface area contributed by atoms with Crippen LogP contribution in [0.25, 0.3) is 61.0 Å². The SMILES string of the molecule is [2H]c1c([2H])c([2H])c(-c2cc(-c3c([2H])c([2H])c([2H])c([2H])c3[2H])c(N3[CH-]N(c4[c-]c(C(C)(C)c5[c-]c6c(cc5)c5ccccc5n6-c5cc(C(C)(C)C)ccn5)ccc4)c4ccccc43)c(-c3c([2H])c([2H])c([2H])c([2H])c3[2H])c2)c([2H])c1[2H].[Pt]. The quantitative estimate of drug-likeness (QED) is 0.142. The van der Waals surface area contributed by atoms with Crippen molar-refractivity contribution in [3.63, 3.8) is 0 Å². The van der Waals surface area contributed by atoms with E-state index in [0.29, 0.717) is 17.1 Å². The summed E-state index contributed by atoms with van der Waals surface area (Å²) < 4.78 is 136. The molecule has 11 rings (SSSR count). The summed E-state index contributed by atoms with van der Waals surface area (Å²) in [5.41, 5.74) is 3.90. The summed E-state index contributed by atoms with van der Waals surface area (Å²) in [7, 11) is 0. The second kappa shape index (κ2) is 17.1. The van der Waals surface area contributed by atoms with Gasteiger partial charge >= 0.3 is 0 Å². The van der Waals surface area contributed by atoms with Gasteiger partial charge in [0, 0.05) is 61.0 Å². The first kappa shape index (κ1) is 28.8. The Kier molecular flexibility index (Phi) is 7.46. The Balaban J connectivity index is 0.00000736. The fraction of sp³-hybridized carbons (Fsp3) is 0.115. The van der Waals surface area contributed by atoms with Crippen molar-refractivity contribution < 1.29 is 41.6 Å². The van der Waals surface area contributed by atoms with E-state index in [1.54, 1.807) is 23.7 Å². The van der Waals surface area contributed by atoms with Crippen LogP contribution in [0, 0.1) is 18.8 Å². The van der Waals surface area contributed by atoms with E-state index in [0.717, 1.165) is 44.3 Å². The minimum atomic E-state index is -0.729. The third kappa shape index (κ3) is 7.54. The molecule has 0 fully saturated rings. The van der Waals surface area contributed by atoms with E-state index < -0.39 is 96.1 Å². The van der Waals surface area contributed by atoms with Crippen LogP contribution in [0.4, 0.5) is 22.7 Å². The Hall–Kier alpha value is -7.00. The van der Waals surface area contributed by atoms with E-state index in [4.69, 9.17) is 20.1 Å². The van der Waals surface area contributed by atoms with E-state index in [2.05, 4.69) is 81.7 Å². The maximum absolute atomic E-state index is 9.34. The van der Waals surface area contributed by atoms with Gasteiger partial charge < -0.3 is 14.4 Å². The number of benzene rings is 8. The predicted octanol–water partition coefficient (Wildman–Crippen LogP) is 15.8. The van der Waals surface area contributed by atoms with Crippen LogP contribution < -0.4 is 9.80 Å². The summed E-state index contributed by atoms with van der Waals surface area (Å²) in [6.45, 7) is 12.4. The molecule has 3 heterocycles. The number of aromatic nitrogens is 2. The fourth-order valence-corrected chi connectivity index (χ4v) is 8.67. The number of rotatable bonds is 8. The number of fused-ring (bicyclic) bond motifs is 4. The zero-order valence-corrected chi connectivity index (χ0v) is 38.8. The Morgan fingerprint density at radius 1 is 0.545 bits per heavy atom. The predicted molar refractivity (Wildman–Crippen MR) is 271 cm³/mol. The molecule has 0 bridgehead atoms. The van der Waals surface area contributed by atoms with Crippen molar-refractivity contribution in [2.75, 3.05) is 9.80 Å². The van der Waals surface area contributed by atoms with Crippen molar-refractivity contribution in [3.05, 3.63) is 235 Å². The van der Waals surface area contributed by atoms with Gasteiger partial charge in [0.15, 0.2) is 0 Å². The fourth-order valence-electron chi connectivity index (χ4n) is 8.67. The number of para-hydroxylation sites is 3. The summed E-state index contributed by atoms with van der Waals surface area (Å²) in [5, 5.41) is 2.07. The minimum absolute atomic E-state index is 0. The number of hydrogen-bond donors (Lipinski definition) is 0. The minimum Gasteiger partial charge on any atom is -0.493 e. The van der Waals surface area contributed by atoms with Gasteiger partial charge in [-0.2, -0.15) is 53.6 Å². The van der Waals surface area contributed by atoms with Gasteiger partial charge in [-0.3, -0.25) is 0 Å². The number of nitrogens with zero attached hydrogens (tertiary/aromatic N) is 4. The molecule has 0 N–H and O–H groups in total. The van der Waals surface area contributed by atoms with E-state index in [9.17, 15) is 5.48 Å². The Bertz CT molecular complexity index is 4110. The molecule has 1 aliphatic heterocycles. The third-order valence-electron chi connectivity index (χ3n) is 12.1. The summed E-state index contributed by atoms with van der Waals surface area (Å²) in [5.74, 6) is 0.768. The molecule has 0 saturated carbocycles. The molecule has 8 aromatic carbocycles. The zero-order valence-electron chi connectivity index (χ0n) is 51.6. The molecule has 10 aromatic rings.